The Morgan fingerprint density at radius 1 is 0.378 bits per heavy atom. The molecule has 0 saturated carbocycles. The zero-order chi connectivity index (χ0) is 29.2. The zero-order valence-corrected chi connectivity index (χ0v) is 24.1. The Bertz CT molecular complexity index is 2940. The van der Waals surface area contributed by atoms with E-state index in [1.807, 2.05) is 12.3 Å². The molecule has 0 aliphatic rings. The van der Waals surface area contributed by atoms with Crippen LogP contribution in [0.15, 0.2) is 146 Å². The summed E-state index contributed by atoms with van der Waals surface area (Å²) in [5.74, 6) is 0. The van der Waals surface area contributed by atoms with Crippen molar-refractivity contribution >= 4 is 81.8 Å². The average molecular weight is 573 g/mol. The Balaban J connectivity index is 1.32. The molecule has 0 N–H and O–H groups in total. The molecule has 4 heteroatoms. The van der Waals surface area contributed by atoms with Crippen molar-refractivity contribution in [2.24, 2.45) is 0 Å². The molecule has 5 aromatic heterocycles. The van der Waals surface area contributed by atoms with E-state index in [-0.39, 0.29) is 0 Å². The molecule has 208 valence electrons. The fraction of sp³-hybridized carbons (Fsp3) is 0. The van der Waals surface area contributed by atoms with Gasteiger partial charge in [0.1, 0.15) is 5.65 Å². The van der Waals surface area contributed by atoms with Gasteiger partial charge in [-0.25, -0.2) is 4.98 Å². The van der Waals surface area contributed by atoms with Crippen molar-refractivity contribution in [1.82, 2.24) is 18.5 Å². The van der Waals surface area contributed by atoms with E-state index in [1.54, 1.807) is 0 Å². The van der Waals surface area contributed by atoms with Gasteiger partial charge in [0.25, 0.3) is 0 Å². The smallest absolute Gasteiger partial charge is 0.145 e. The third kappa shape index (κ3) is 2.84. The second kappa shape index (κ2) is 8.28. The predicted molar refractivity (Wildman–Crippen MR) is 188 cm³/mol. The lowest BCUT2D eigenvalue weighted by Crippen LogP contribution is -1.99. The first-order valence-electron chi connectivity index (χ1n) is 15.4. The standard InChI is InChI=1S/C41H24N4/c1-6-19-35-27(13-1)30-17-10-22-42-41(30)44(35)26-12-9-11-25(23-26)43-34-18-5-2-14-28(34)32-24-33-29-15-3-7-20-36(29)45-37-21-8-4-16-31(37)38(39(32)43)40(33)45/h1-24H. The van der Waals surface area contributed by atoms with Gasteiger partial charge in [-0.1, -0.05) is 78.9 Å². The highest BCUT2D eigenvalue weighted by Crippen LogP contribution is 2.46. The van der Waals surface area contributed by atoms with Gasteiger partial charge in [-0.05, 0) is 60.7 Å². The van der Waals surface area contributed by atoms with Gasteiger partial charge in [-0.2, -0.15) is 0 Å². The molecular formula is C41H24N4. The third-order valence-electron chi connectivity index (χ3n) is 9.78. The van der Waals surface area contributed by atoms with Crippen molar-refractivity contribution in [1.29, 1.82) is 0 Å². The van der Waals surface area contributed by atoms with E-state index in [0.717, 1.165) is 27.9 Å². The first-order valence-corrected chi connectivity index (χ1v) is 15.4. The monoisotopic (exact) mass is 572 g/mol. The van der Waals surface area contributed by atoms with Crippen LogP contribution in [0.5, 0.6) is 0 Å². The molecule has 45 heavy (non-hydrogen) atoms. The van der Waals surface area contributed by atoms with Crippen molar-refractivity contribution in [3.8, 4) is 11.4 Å². The molecular weight excluding hydrogens is 548 g/mol. The van der Waals surface area contributed by atoms with Gasteiger partial charge in [-0.3, -0.25) is 4.57 Å². The van der Waals surface area contributed by atoms with Crippen molar-refractivity contribution in [2.45, 2.75) is 0 Å². The van der Waals surface area contributed by atoms with Crippen LogP contribution in [0.4, 0.5) is 0 Å². The maximum Gasteiger partial charge on any atom is 0.145 e. The summed E-state index contributed by atoms with van der Waals surface area (Å²) in [7, 11) is 0. The Labute approximate surface area is 256 Å². The first-order chi connectivity index (χ1) is 22.4. The molecule has 5 heterocycles. The highest BCUT2D eigenvalue weighted by Gasteiger charge is 2.24. The van der Waals surface area contributed by atoms with E-state index in [2.05, 4.69) is 147 Å². The number of aromatic nitrogens is 4. The highest BCUT2D eigenvalue weighted by atomic mass is 15.1. The second-order valence-corrected chi connectivity index (χ2v) is 12.0. The topological polar surface area (TPSA) is 27.2 Å². The van der Waals surface area contributed by atoms with E-state index in [4.69, 9.17) is 4.98 Å². The van der Waals surface area contributed by atoms with Crippen molar-refractivity contribution in [3.05, 3.63) is 146 Å². The fourth-order valence-electron chi connectivity index (χ4n) is 8.05. The summed E-state index contributed by atoms with van der Waals surface area (Å²) in [5, 5.41) is 10.1. The molecule has 4 nitrogen and oxygen atoms in total. The maximum atomic E-state index is 4.85. The normalized spacial score (nSPS) is 12.4. The van der Waals surface area contributed by atoms with Crippen molar-refractivity contribution < 1.29 is 0 Å². The molecule has 0 unspecified atom stereocenters. The number of fused-ring (bicyclic) bond motifs is 13. The van der Waals surface area contributed by atoms with Crippen LogP contribution < -0.4 is 0 Å². The predicted octanol–water partition coefficient (Wildman–Crippen LogP) is 10.4. The van der Waals surface area contributed by atoms with Crippen LogP contribution in [0.1, 0.15) is 0 Å². The molecule has 0 aliphatic heterocycles. The lowest BCUT2D eigenvalue weighted by Gasteiger charge is -2.13. The highest BCUT2D eigenvalue weighted by molar-refractivity contribution is 6.34. The van der Waals surface area contributed by atoms with Crippen LogP contribution in [-0.4, -0.2) is 18.5 Å². The van der Waals surface area contributed by atoms with E-state index in [0.29, 0.717) is 0 Å². The molecule has 0 spiro atoms. The fourth-order valence-corrected chi connectivity index (χ4v) is 8.05. The minimum atomic E-state index is 0.969. The molecule has 11 rings (SSSR count). The van der Waals surface area contributed by atoms with Crippen LogP contribution in [0.25, 0.3) is 93.2 Å². The van der Waals surface area contributed by atoms with E-state index in [1.165, 1.54) is 65.3 Å². The molecule has 11 aromatic rings. The lowest BCUT2D eigenvalue weighted by atomic mass is 10.0. The zero-order valence-electron chi connectivity index (χ0n) is 24.1. The summed E-state index contributed by atoms with van der Waals surface area (Å²) < 4.78 is 7.25. The lowest BCUT2D eigenvalue weighted by molar-refractivity contribution is 1.11. The van der Waals surface area contributed by atoms with Gasteiger partial charge < -0.3 is 8.97 Å². The maximum absolute atomic E-state index is 4.85. The van der Waals surface area contributed by atoms with E-state index in [9.17, 15) is 0 Å². The molecule has 6 aromatic carbocycles. The Morgan fingerprint density at radius 3 is 1.67 bits per heavy atom. The summed E-state index contributed by atoms with van der Waals surface area (Å²) in [6.45, 7) is 0. The van der Waals surface area contributed by atoms with Gasteiger partial charge >= 0.3 is 0 Å². The Hall–Kier alpha value is -6.13. The Morgan fingerprint density at radius 2 is 0.911 bits per heavy atom. The van der Waals surface area contributed by atoms with Crippen LogP contribution in [0.3, 0.4) is 0 Å². The van der Waals surface area contributed by atoms with Crippen LogP contribution in [0, 0.1) is 0 Å². The summed E-state index contributed by atoms with van der Waals surface area (Å²) in [6.07, 6.45) is 1.89. The molecule has 0 bridgehead atoms. The molecule has 0 fully saturated rings. The number of rotatable bonds is 2. The van der Waals surface area contributed by atoms with E-state index < -0.39 is 0 Å². The SMILES string of the molecule is c1cc(-n2c3ccccc3c3cccnc32)cc(-n2c3ccccc3c3cc4c5ccccc5n5c6ccccc6c(c32)c45)c1. The van der Waals surface area contributed by atoms with Crippen molar-refractivity contribution in [2.75, 3.05) is 0 Å². The van der Waals surface area contributed by atoms with Gasteiger partial charge in [0.15, 0.2) is 0 Å². The second-order valence-electron chi connectivity index (χ2n) is 12.0. The van der Waals surface area contributed by atoms with Crippen LogP contribution in [-0.2, 0) is 0 Å². The molecule has 0 aliphatic carbocycles. The number of pyridine rings is 1. The van der Waals surface area contributed by atoms with Crippen LogP contribution in [0.2, 0.25) is 0 Å². The number of hydrogen-bond donors (Lipinski definition) is 0. The summed E-state index contributed by atoms with van der Waals surface area (Å²) >= 11 is 0. The Kier molecular flexibility index (Phi) is 4.29. The quantitative estimate of drug-likeness (QED) is 0.202. The van der Waals surface area contributed by atoms with Gasteiger partial charge in [0.2, 0.25) is 0 Å². The number of hydrogen-bond acceptors (Lipinski definition) is 1. The van der Waals surface area contributed by atoms with Gasteiger partial charge in [0, 0.05) is 60.7 Å². The average Bonchev–Trinajstić information content (AvgIpc) is 3.82. The number of benzene rings is 6. The summed E-state index contributed by atoms with van der Waals surface area (Å²) in [5.41, 5.74) is 10.6. The number of para-hydroxylation sites is 4. The minimum Gasteiger partial charge on any atom is -0.308 e. The summed E-state index contributed by atoms with van der Waals surface area (Å²) in [4.78, 5) is 4.85. The summed E-state index contributed by atoms with van der Waals surface area (Å²) in [6, 6.07) is 50.7. The van der Waals surface area contributed by atoms with Gasteiger partial charge in [-0.15, -0.1) is 0 Å². The minimum absolute atomic E-state index is 0.969. The largest absolute Gasteiger partial charge is 0.308 e. The molecule has 0 amide bonds. The van der Waals surface area contributed by atoms with Crippen molar-refractivity contribution in [3.63, 3.8) is 0 Å². The molecule has 0 saturated heterocycles. The van der Waals surface area contributed by atoms with Gasteiger partial charge in [0.05, 0.1) is 33.1 Å². The molecule has 0 radical (unpaired) electrons. The van der Waals surface area contributed by atoms with Crippen LogP contribution >= 0.6 is 0 Å². The van der Waals surface area contributed by atoms with E-state index >= 15 is 0 Å². The molecule has 0 atom stereocenters. The number of nitrogens with zero attached hydrogens (tertiary/aromatic N) is 4. The first kappa shape index (κ1) is 23.3. The third-order valence-corrected chi connectivity index (χ3v) is 9.78.